The molecule has 1 unspecified atom stereocenters. The van der Waals surface area contributed by atoms with Crippen LogP contribution in [-0.4, -0.2) is 46.2 Å². The number of amides is 1. The smallest absolute Gasteiger partial charge is 0.234 e. The number of piperidine rings is 1. The van der Waals surface area contributed by atoms with Gasteiger partial charge in [0.05, 0.1) is 0 Å². The zero-order valence-corrected chi connectivity index (χ0v) is 21.8. The van der Waals surface area contributed by atoms with Crippen molar-refractivity contribution in [3.63, 3.8) is 0 Å². The fourth-order valence-electron chi connectivity index (χ4n) is 3.90. The van der Waals surface area contributed by atoms with Crippen LogP contribution in [0.15, 0.2) is 42.6 Å². The number of carbonyl (C=O) groups is 1. The van der Waals surface area contributed by atoms with Crippen LogP contribution in [0.1, 0.15) is 71.1 Å². The van der Waals surface area contributed by atoms with Gasteiger partial charge in [-0.15, -0.1) is 0 Å². The number of nitrogens with zero attached hydrogens (tertiary/aromatic N) is 2. The Morgan fingerprint density at radius 2 is 1.76 bits per heavy atom. The molecule has 1 aromatic carbocycles. The lowest BCUT2D eigenvalue weighted by molar-refractivity contribution is -0.120. The molecule has 1 aliphatic rings. The molecule has 2 heterocycles. The zero-order chi connectivity index (χ0) is 24.3. The van der Waals surface area contributed by atoms with Crippen LogP contribution in [0.5, 0.6) is 0 Å². The second-order valence-electron chi connectivity index (χ2n) is 8.36. The summed E-state index contributed by atoms with van der Waals surface area (Å²) in [5.41, 5.74) is 10.6. The van der Waals surface area contributed by atoms with Crippen LogP contribution >= 0.6 is 11.9 Å². The number of primary amides is 1. The number of aryl methyl sites for hydroxylation is 1. The second-order valence-corrected chi connectivity index (χ2v) is 9.96. The zero-order valence-electron chi connectivity index (χ0n) is 21.0. The Balaban J connectivity index is 0.00000187. The third kappa shape index (κ3) is 7.83. The first-order valence-corrected chi connectivity index (χ1v) is 13.1. The number of carbonyl (C=O) groups excluding carboxylic acids is 1. The van der Waals surface area contributed by atoms with E-state index in [9.17, 15) is 4.79 Å². The van der Waals surface area contributed by atoms with Crippen LogP contribution in [0.4, 0.5) is 0 Å². The Morgan fingerprint density at radius 3 is 2.27 bits per heavy atom. The number of benzene rings is 1. The highest BCUT2D eigenvalue weighted by Crippen LogP contribution is 2.37. The van der Waals surface area contributed by atoms with Gasteiger partial charge in [-0.05, 0) is 56.7 Å². The topological polar surface area (TPSA) is 68.4 Å². The highest BCUT2D eigenvalue weighted by Gasteiger charge is 2.35. The maximum atomic E-state index is 12.1. The quantitative estimate of drug-likeness (QED) is 0.348. The number of aromatic nitrogens is 1. The van der Waals surface area contributed by atoms with Crippen LogP contribution in [0.2, 0.25) is 0 Å². The normalized spacial score (nSPS) is 16.5. The molecule has 2 N–H and O–H groups in total. The summed E-state index contributed by atoms with van der Waals surface area (Å²) < 4.78 is 7.11. The molecule has 6 heteroatoms. The summed E-state index contributed by atoms with van der Waals surface area (Å²) in [6.07, 6.45) is 5.74. The molecule has 0 aliphatic carbocycles. The highest BCUT2D eigenvalue weighted by molar-refractivity contribution is 7.99. The molecule has 2 aromatic rings. The van der Waals surface area contributed by atoms with E-state index in [-0.39, 0.29) is 5.91 Å². The molecule has 182 valence electrons. The van der Waals surface area contributed by atoms with E-state index in [1.54, 1.807) is 11.9 Å². The third-order valence-electron chi connectivity index (χ3n) is 6.13. The van der Waals surface area contributed by atoms with E-state index < -0.39 is 4.75 Å². The van der Waals surface area contributed by atoms with Gasteiger partial charge >= 0.3 is 0 Å². The Labute approximate surface area is 204 Å². The Kier molecular flexibility index (Phi) is 11.4. The van der Waals surface area contributed by atoms with Crippen LogP contribution in [0, 0.1) is 0 Å². The molecule has 0 spiro atoms. The van der Waals surface area contributed by atoms with Gasteiger partial charge in [0.15, 0.2) is 0 Å². The standard InChI is InChI=1S/C25H35N3O2S.C2H6/c1-4-19-6-8-20(9-7-19)22-10-11-23(27-18-22)21-12-15-28(16-13-21)31-25(3,24(26)29)14-17-30-5-2;1-2/h6-11,18,21H,4-5,12-17H2,1-3H3,(H2,26,29);1-2H3. The minimum absolute atomic E-state index is 0.274. The van der Waals surface area contributed by atoms with E-state index >= 15 is 0 Å². The van der Waals surface area contributed by atoms with Crippen LogP contribution in [0.3, 0.4) is 0 Å². The number of rotatable bonds is 10. The van der Waals surface area contributed by atoms with Gasteiger partial charge in [0.2, 0.25) is 5.91 Å². The summed E-state index contributed by atoms with van der Waals surface area (Å²) in [5, 5.41) is 0. The summed E-state index contributed by atoms with van der Waals surface area (Å²) in [6, 6.07) is 13.1. The summed E-state index contributed by atoms with van der Waals surface area (Å²) in [6.45, 7) is 13.1. The van der Waals surface area contributed by atoms with Gasteiger partial charge in [0.25, 0.3) is 0 Å². The molecule has 1 atom stereocenters. The van der Waals surface area contributed by atoms with Crippen molar-refractivity contribution in [3.8, 4) is 11.1 Å². The Hall–Kier alpha value is -1.89. The van der Waals surface area contributed by atoms with Gasteiger partial charge in [-0.3, -0.25) is 9.78 Å². The summed E-state index contributed by atoms with van der Waals surface area (Å²) >= 11 is 1.58. The minimum Gasteiger partial charge on any atom is -0.382 e. The summed E-state index contributed by atoms with van der Waals surface area (Å²) in [5.74, 6) is 0.181. The maximum Gasteiger partial charge on any atom is 0.234 e. The van der Waals surface area contributed by atoms with E-state index in [1.165, 1.54) is 11.1 Å². The number of hydrogen-bond acceptors (Lipinski definition) is 5. The number of pyridine rings is 1. The predicted octanol–water partition coefficient (Wildman–Crippen LogP) is 5.84. The van der Waals surface area contributed by atoms with Crippen molar-refractivity contribution in [2.45, 2.75) is 71.0 Å². The largest absolute Gasteiger partial charge is 0.382 e. The molecule has 1 amide bonds. The van der Waals surface area contributed by atoms with Gasteiger partial charge in [0, 0.05) is 49.7 Å². The van der Waals surface area contributed by atoms with Crippen molar-refractivity contribution < 1.29 is 9.53 Å². The third-order valence-corrected chi connectivity index (χ3v) is 7.57. The lowest BCUT2D eigenvalue weighted by Gasteiger charge is -2.36. The van der Waals surface area contributed by atoms with Crippen LogP contribution in [0.25, 0.3) is 11.1 Å². The average Bonchev–Trinajstić information content (AvgIpc) is 2.86. The monoisotopic (exact) mass is 471 g/mol. The predicted molar refractivity (Wildman–Crippen MR) is 140 cm³/mol. The van der Waals surface area contributed by atoms with E-state index in [2.05, 4.69) is 47.6 Å². The average molecular weight is 472 g/mol. The lowest BCUT2D eigenvalue weighted by Crippen LogP contribution is -2.43. The highest BCUT2D eigenvalue weighted by atomic mass is 32.2. The van der Waals surface area contributed by atoms with Crippen molar-refractivity contribution >= 4 is 17.9 Å². The molecule has 5 nitrogen and oxygen atoms in total. The molecule has 3 rings (SSSR count). The lowest BCUT2D eigenvalue weighted by atomic mass is 9.93. The Bertz CT molecular complexity index is 833. The fraction of sp³-hybridized carbons (Fsp3) is 0.556. The molecule has 33 heavy (non-hydrogen) atoms. The van der Waals surface area contributed by atoms with Crippen molar-refractivity contribution in [3.05, 3.63) is 53.9 Å². The number of ether oxygens (including phenoxy) is 1. The van der Waals surface area contributed by atoms with Crippen LogP contribution in [-0.2, 0) is 16.0 Å². The molecule has 1 aromatic heterocycles. The van der Waals surface area contributed by atoms with E-state index in [4.69, 9.17) is 15.5 Å². The number of nitrogens with two attached hydrogens (primary N) is 1. The van der Waals surface area contributed by atoms with E-state index in [1.807, 2.05) is 33.9 Å². The van der Waals surface area contributed by atoms with E-state index in [0.717, 1.165) is 43.6 Å². The second kappa shape index (κ2) is 13.7. The first-order valence-electron chi connectivity index (χ1n) is 12.3. The molecule has 1 saturated heterocycles. The first kappa shape index (κ1) is 27.4. The molecule has 0 saturated carbocycles. The van der Waals surface area contributed by atoms with Gasteiger partial charge < -0.3 is 10.5 Å². The van der Waals surface area contributed by atoms with Gasteiger partial charge in [-0.2, -0.15) is 0 Å². The van der Waals surface area contributed by atoms with Crippen LogP contribution < -0.4 is 5.73 Å². The molecular formula is C27H41N3O2S. The molecule has 0 bridgehead atoms. The van der Waals surface area contributed by atoms with Crippen molar-refractivity contribution in [1.82, 2.24) is 9.29 Å². The molecule has 0 radical (unpaired) electrons. The SMILES string of the molecule is CC.CCOCCC(C)(SN1CCC(c2ccc(-c3ccc(CC)cc3)cn2)CC1)C(N)=O. The van der Waals surface area contributed by atoms with Crippen molar-refractivity contribution in [2.24, 2.45) is 5.73 Å². The first-order chi connectivity index (χ1) is 15.9. The minimum atomic E-state index is -0.630. The van der Waals surface area contributed by atoms with Gasteiger partial charge in [0.1, 0.15) is 4.75 Å². The Morgan fingerprint density at radius 1 is 1.12 bits per heavy atom. The van der Waals surface area contributed by atoms with Gasteiger partial charge in [-0.25, -0.2) is 4.31 Å². The number of hydrogen-bond donors (Lipinski definition) is 1. The molecule has 1 aliphatic heterocycles. The van der Waals surface area contributed by atoms with Gasteiger partial charge in [-0.1, -0.05) is 63.1 Å². The van der Waals surface area contributed by atoms with Crippen molar-refractivity contribution in [2.75, 3.05) is 26.3 Å². The molecular weight excluding hydrogens is 430 g/mol. The fourth-order valence-corrected chi connectivity index (χ4v) is 5.13. The summed E-state index contributed by atoms with van der Waals surface area (Å²) in [7, 11) is 0. The van der Waals surface area contributed by atoms with Crippen molar-refractivity contribution in [1.29, 1.82) is 0 Å². The van der Waals surface area contributed by atoms with E-state index in [0.29, 0.717) is 25.6 Å². The maximum absolute atomic E-state index is 12.1. The molecule has 1 fully saturated rings. The summed E-state index contributed by atoms with van der Waals surface area (Å²) in [4.78, 5) is 16.9.